The predicted molar refractivity (Wildman–Crippen MR) is 86.2 cm³/mol. The molecule has 0 spiro atoms. The van der Waals surface area contributed by atoms with Crippen molar-refractivity contribution in [2.45, 2.75) is 39.0 Å². The smallest absolute Gasteiger partial charge is 0.122 e. The van der Waals surface area contributed by atoms with Crippen LogP contribution in [0.3, 0.4) is 0 Å². The van der Waals surface area contributed by atoms with Crippen LogP contribution in [0.2, 0.25) is 0 Å². The Morgan fingerprint density at radius 2 is 2.11 bits per heavy atom. The Labute approximate surface area is 121 Å². The third-order valence-corrected chi connectivity index (χ3v) is 5.04. The lowest BCUT2D eigenvalue weighted by Gasteiger charge is -2.27. The average molecular weight is 276 g/mol. The van der Waals surface area contributed by atoms with Gasteiger partial charge in [-0.3, -0.25) is 0 Å². The van der Waals surface area contributed by atoms with Crippen molar-refractivity contribution >= 4 is 17.3 Å². The molecule has 0 N–H and O–H groups in total. The van der Waals surface area contributed by atoms with Crippen LogP contribution in [0.5, 0.6) is 5.75 Å². The molecule has 0 bridgehead atoms. The fourth-order valence-electron chi connectivity index (χ4n) is 2.42. The van der Waals surface area contributed by atoms with Crippen molar-refractivity contribution in [1.82, 2.24) is 0 Å². The monoisotopic (exact) mass is 276 g/mol. The molecule has 0 atom stereocenters. The van der Waals surface area contributed by atoms with Gasteiger partial charge in [0.25, 0.3) is 0 Å². The van der Waals surface area contributed by atoms with Crippen molar-refractivity contribution < 1.29 is 4.74 Å². The van der Waals surface area contributed by atoms with Crippen molar-refractivity contribution in [3.05, 3.63) is 35.4 Å². The highest BCUT2D eigenvalue weighted by molar-refractivity contribution is 7.99. The second kappa shape index (κ2) is 6.04. The van der Waals surface area contributed by atoms with E-state index in [-0.39, 0.29) is 5.41 Å². The zero-order valence-corrected chi connectivity index (χ0v) is 13.3. The molecule has 19 heavy (non-hydrogen) atoms. The summed E-state index contributed by atoms with van der Waals surface area (Å²) < 4.78 is 5.55. The van der Waals surface area contributed by atoms with Crippen LogP contribution in [0.25, 0.3) is 5.57 Å². The number of hydrogen-bond donors (Lipinski definition) is 0. The van der Waals surface area contributed by atoms with Crippen LogP contribution in [-0.2, 0) is 5.41 Å². The van der Waals surface area contributed by atoms with Crippen LogP contribution in [0.15, 0.2) is 24.3 Å². The number of hydrogen-bond acceptors (Lipinski definition) is 2. The quantitative estimate of drug-likeness (QED) is 0.773. The zero-order chi connectivity index (χ0) is 13.9. The first-order valence-electron chi connectivity index (χ1n) is 7.04. The van der Waals surface area contributed by atoms with E-state index in [9.17, 15) is 0 Å². The summed E-state index contributed by atoms with van der Waals surface area (Å²) >= 11 is 2.01. The Hall–Kier alpha value is -0.890. The van der Waals surface area contributed by atoms with Crippen molar-refractivity contribution in [1.29, 1.82) is 0 Å². The molecule has 0 amide bonds. The van der Waals surface area contributed by atoms with E-state index >= 15 is 0 Å². The molecule has 104 valence electrons. The third-order valence-electron chi connectivity index (χ3n) is 4.15. The maximum absolute atomic E-state index is 5.55. The predicted octanol–water partition coefficient (Wildman–Crippen LogP) is 4.90. The van der Waals surface area contributed by atoms with Crippen molar-refractivity contribution in [3.63, 3.8) is 0 Å². The van der Waals surface area contributed by atoms with Gasteiger partial charge in [-0.15, -0.1) is 0 Å². The van der Waals surface area contributed by atoms with E-state index in [1.807, 2.05) is 11.8 Å². The highest BCUT2D eigenvalue weighted by atomic mass is 32.2. The van der Waals surface area contributed by atoms with E-state index in [1.165, 1.54) is 28.9 Å². The molecule has 0 radical (unpaired) electrons. The highest BCUT2D eigenvalue weighted by Crippen LogP contribution is 2.37. The second-order valence-electron chi connectivity index (χ2n) is 5.71. The van der Waals surface area contributed by atoms with Gasteiger partial charge in [0.1, 0.15) is 5.75 Å². The number of ether oxygens (including phenoxy) is 1. The molecule has 0 saturated carbocycles. The minimum Gasteiger partial charge on any atom is -0.496 e. The lowest BCUT2D eigenvalue weighted by Crippen LogP contribution is -2.17. The van der Waals surface area contributed by atoms with Gasteiger partial charge in [0.2, 0.25) is 0 Å². The molecule has 0 unspecified atom stereocenters. The first-order chi connectivity index (χ1) is 9.08. The van der Waals surface area contributed by atoms with Gasteiger partial charge in [0.15, 0.2) is 0 Å². The fraction of sp³-hybridized carbons (Fsp3) is 0.529. The normalized spacial score (nSPS) is 16.1. The molecule has 2 rings (SSSR count). The lowest BCUT2D eigenvalue weighted by atomic mass is 9.80. The summed E-state index contributed by atoms with van der Waals surface area (Å²) in [6.07, 6.45) is 4.67. The molecule has 1 aromatic rings. The third kappa shape index (κ3) is 3.17. The number of thioether (sulfide) groups is 1. The van der Waals surface area contributed by atoms with Crippen LogP contribution in [-0.4, -0.2) is 18.6 Å². The lowest BCUT2D eigenvalue weighted by molar-refractivity contribution is 0.389. The fourth-order valence-corrected chi connectivity index (χ4v) is 3.27. The topological polar surface area (TPSA) is 9.23 Å². The maximum atomic E-state index is 5.55. The minimum absolute atomic E-state index is 0.158. The summed E-state index contributed by atoms with van der Waals surface area (Å²) in [4.78, 5) is 0. The Balaban J connectivity index is 2.43. The Morgan fingerprint density at radius 1 is 1.32 bits per heavy atom. The van der Waals surface area contributed by atoms with Crippen molar-refractivity contribution in [2.75, 3.05) is 18.6 Å². The molecule has 0 aliphatic carbocycles. The van der Waals surface area contributed by atoms with Crippen LogP contribution in [0, 0.1) is 0 Å². The molecule has 2 heteroatoms. The summed E-state index contributed by atoms with van der Waals surface area (Å²) in [6.45, 7) is 6.82. The van der Waals surface area contributed by atoms with Gasteiger partial charge in [-0.1, -0.05) is 32.9 Å². The van der Waals surface area contributed by atoms with Crippen LogP contribution < -0.4 is 4.74 Å². The molecular weight excluding hydrogens is 252 g/mol. The summed E-state index contributed by atoms with van der Waals surface area (Å²) in [6, 6.07) is 6.67. The number of rotatable bonds is 4. The van der Waals surface area contributed by atoms with E-state index in [0.717, 1.165) is 17.9 Å². The van der Waals surface area contributed by atoms with E-state index in [4.69, 9.17) is 4.74 Å². The molecule has 1 aliphatic heterocycles. The number of benzene rings is 1. The minimum atomic E-state index is 0.158. The summed E-state index contributed by atoms with van der Waals surface area (Å²) in [7, 11) is 1.76. The largest absolute Gasteiger partial charge is 0.496 e. The number of allylic oxidation sites excluding steroid dienone is 1. The highest BCUT2D eigenvalue weighted by Gasteiger charge is 2.23. The van der Waals surface area contributed by atoms with Gasteiger partial charge < -0.3 is 4.74 Å². The first kappa shape index (κ1) is 14.5. The van der Waals surface area contributed by atoms with Crippen LogP contribution in [0.4, 0.5) is 0 Å². The standard InChI is InChI=1S/C17H24OS/c1-5-17(2,3)15-12-14(6-7-16(15)18-4)13-8-10-19-11-9-13/h6-8,12H,5,9-11H2,1-4H3. The molecular formula is C17H24OS. The van der Waals surface area contributed by atoms with E-state index in [2.05, 4.69) is 45.0 Å². The van der Waals surface area contributed by atoms with Gasteiger partial charge >= 0.3 is 0 Å². The van der Waals surface area contributed by atoms with E-state index in [1.54, 1.807) is 7.11 Å². The Kier molecular flexibility index (Phi) is 4.62. The molecule has 1 heterocycles. The molecule has 0 aromatic heterocycles. The van der Waals surface area contributed by atoms with Gasteiger partial charge in [-0.05, 0) is 47.3 Å². The maximum Gasteiger partial charge on any atom is 0.122 e. The summed E-state index contributed by atoms with van der Waals surface area (Å²) in [5, 5.41) is 0. The van der Waals surface area contributed by atoms with Crippen molar-refractivity contribution in [2.24, 2.45) is 0 Å². The summed E-state index contributed by atoms with van der Waals surface area (Å²) in [5.74, 6) is 3.40. The van der Waals surface area contributed by atoms with E-state index < -0.39 is 0 Å². The van der Waals surface area contributed by atoms with Gasteiger partial charge in [0.05, 0.1) is 7.11 Å². The SMILES string of the molecule is CCC(C)(C)c1cc(C2=CCSCC2)ccc1OC. The molecule has 0 fully saturated rings. The van der Waals surface area contributed by atoms with E-state index in [0.29, 0.717) is 0 Å². The summed E-state index contributed by atoms with van der Waals surface area (Å²) in [5.41, 5.74) is 4.35. The molecule has 1 aromatic carbocycles. The first-order valence-corrected chi connectivity index (χ1v) is 8.19. The van der Waals surface area contributed by atoms with Gasteiger partial charge in [-0.2, -0.15) is 11.8 Å². The second-order valence-corrected chi connectivity index (χ2v) is 6.86. The Morgan fingerprint density at radius 3 is 2.68 bits per heavy atom. The Bertz CT molecular complexity index is 474. The molecule has 0 saturated heterocycles. The van der Waals surface area contributed by atoms with Crippen molar-refractivity contribution in [3.8, 4) is 5.75 Å². The zero-order valence-electron chi connectivity index (χ0n) is 12.5. The van der Waals surface area contributed by atoms with Gasteiger partial charge in [-0.25, -0.2) is 0 Å². The molecule has 1 nitrogen and oxygen atoms in total. The van der Waals surface area contributed by atoms with Crippen LogP contribution in [0.1, 0.15) is 44.7 Å². The molecule has 1 aliphatic rings. The van der Waals surface area contributed by atoms with Crippen LogP contribution >= 0.6 is 11.8 Å². The number of methoxy groups -OCH3 is 1. The van der Waals surface area contributed by atoms with Gasteiger partial charge in [0, 0.05) is 11.3 Å². The average Bonchev–Trinajstić information content (AvgIpc) is 2.47.